The van der Waals surface area contributed by atoms with E-state index in [0.29, 0.717) is 19.2 Å². The summed E-state index contributed by atoms with van der Waals surface area (Å²) in [5.41, 5.74) is 2.42. The molecule has 4 rings (SSSR count). The molecular weight excluding hydrogens is 396 g/mol. The van der Waals surface area contributed by atoms with E-state index >= 15 is 0 Å². The highest BCUT2D eigenvalue weighted by Crippen LogP contribution is 2.34. The van der Waals surface area contributed by atoms with Gasteiger partial charge in [-0.05, 0) is 48.9 Å². The van der Waals surface area contributed by atoms with Crippen molar-refractivity contribution < 1.29 is 9.53 Å². The van der Waals surface area contributed by atoms with Crippen molar-refractivity contribution in [2.24, 2.45) is 7.05 Å². The number of carbonyl (C=O) groups excluding carboxylic acids is 1. The first-order chi connectivity index (χ1) is 14.7. The summed E-state index contributed by atoms with van der Waals surface area (Å²) in [6, 6.07) is 10.9. The van der Waals surface area contributed by atoms with Crippen LogP contribution in [0.5, 0.6) is 0 Å². The smallest absolute Gasteiger partial charge is 0.261 e. The number of thiophene rings is 1. The lowest BCUT2D eigenvalue weighted by Gasteiger charge is -2.36. The Balaban J connectivity index is 1.60. The molecule has 1 amide bonds. The van der Waals surface area contributed by atoms with Crippen LogP contribution in [0.2, 0.25) is 0 Å². The van der Waals surface area contributed by atoms with Crippen LogP contribution in [0.25, 0.3) is 10.1 Å². The van der Waals surface area contributed by atoms with Gasteiger partial charge in [-0.3, -0.25) is 14.4 Å². The van der Waals surface area contributed by atoms with Gasteiger partial charge in [0, 0.05) is 44.2 Å². The van der Waals surface area contributed by atoms with E-state index in [-0.39, 0.29) is 5.91 Å². The monoisotopic (exact) mass is 426 g/mol. The topological polar surface area (TPSA) is 59.4 Å². The van der Waals surface area contributed by atoms with Gasteiger partial charge < -0.3 is 10.1 Å². The Labute approximate surface area is 181 Å². The molecule has 1 N–H and O–H groups in total. The van der Waals surface area contributed by atoms with Crippen LogP contribution in [0.1, 0.15) is 40.2 Å². The molecule has 0 spiro atoms. The van der Waals surface area contributed by atoms with Gasteiger partial charge in [0.15, 0.2) is 0 Å². The minimum atomic E-state index is 0.0113. The molecule has 1 aliphatic rings. The quantitative estimate of drug-likeness (QED) is 0.559. The van der Waals surface area contributed by atoms with Gasteiger partial charge in [-0.2, -0.15) is 5.10 Å². The zero-order chi connectivity index (χ0) is 20.9. The lowest BCUT2D eigenvalue weighted by atomic mass is 9.93. The van der Waals surface area contributed by atoms with Crippen molar-refractivity contribution in [2.75, 3.05) is 26.8 Å². The summed E-state index contributed by atoms with van der Waals surface area (Å²) in [5.74, 6) is 0.0113. The van der Waals surface area contributed by atoms with Crippen molar-refractivity contribution in [1.82, 2.24) is 20.0 Å². The van der Waals surface area contributed by atoms with Gasteiger partial charge in [0.1, 0.15) is 0 Å². The summed E-state index contributed by atoms with van der Waals surface area (Å²) in [4.78, 5) is 16.4. The first-order valence-electron chi connectivity index (χ1n) is 10.7. The number of benzene rings is 1. The highest BCUT2D eigenvalue weighted by Gasteiger charge is 2.27. The number of likely N-dealkylation sites (tertiary alicyclic amines) is 1. The molecule has 6 nitrogen and oxygen atoms in total. The normalized spacial score (nSPS) is 17.5. The van der Waals surface area contributed by atoms with E-state index in [2.05, 4.69) is 39.6 Å². The number of methoxy groups -OCH3 is 1. The largest absolute Gasteiger partial charge is 0.383 e. The van der Waals surface area contributed by atoms with Crippen LogP contribution >= 0.6 is 11.3 Å². The fraction of sp³-hybridized carbons (Fsp3) is 0.478. The molecular formula is C23H30N4O2S. The minimum absolute atomic E-state index is 0.0113. The maximum atomic E-state index is 13.0. The van der Waals surface area contributed by atoms with Crippen molar-refractivity contribution in [2.45, 2.75) is 38.3 Å². The molecule has 3 aromatic rings. The molecule has 3 heterocycles. The molecule has 160 valence electrons. The van der Waals surface area contributed by atoms with E-state index in [4.69, 9.17) is 4.74 Å². The summed E-state index contributed by atoms with van der Waals surface area (Å²) >= 11 is 1.60. The van der Waals surface area contributed by atoms with Crippen molar-refractivity contribution in [1.29, 1.82) is 0 Å². The van der Waals surface area contributed by atoms with E-state index in [1.54, 1.807) is 18.4 Å². The lowest BCUT2D eigenvalue weighted by Crippen LogP contribution is -2.41. The number of rotatable bonds is 8. The minimum Gasteiger partial charge on any atom is -0.383 e. The number of hydrogen-bond acceptors (Lipinski definition) is 5. The Morgan fingerprint density at radius 3 is 2.97 bits per heavy atom. The van der Waals surface area contributed by atoms with Crippen LogP contribution in [-0.2, 0) is 24.8 Å². The Morgan fingerprint density at radius 1 is 1.30 bits per heavy atom. The highest BCUT2D eigenvalue weighted by molar-refractivity contribution is 7.21. The number of ether oxygens (including phenoxy) is 1. The molecule has 30 heavy (non-hydrogen) atoms. The Bertz CT molecular complexity index is 996. The maximum Gasteiger partial charge on any atom is 0.261 e. The van der Waals surface area contributed by atoms with Crippen LogP contribution in [-0.4, -0.2) is 53.4 Å². The van der Waals surface area contributed by atoms with Crippen molar-refractivity contribution >= 4 is 27.3 Å². The van der Waals surface area contributed by atoms with Crippen LogP contribution < -0.4 is 5.32 Å². The molecule has 1 aromatic carbocycles. The van der Waals surface area contributed by atoms with E-state index in [1.165, 1.54) is 34.2 Å². The third-order valence-electron chi connectivity index (χ3n) is 5.97. The summed E-state index contributed by atoms with van der Waals surface area (Å²) in [5, 5.41) is 8.55. The molecule has 0 bridgehead atoms. The highest BCUT2D eigenvalue weighted by atomic mass is 32.1. The van der Waals surface area contributed by atoms with Gasteiger partial charge in [-0.25, -0.2) is 0 Å². The Kier molecular flexibility index (Phi) is 6.82. The number of carbonyl (C=O) groups is 1. The van der Waals surface area contributed by atoms with Gasteiger partial charge in [-0.1, -0.05) is 24.6 Å². The standard InChI is InChI=1S/C23H30N4O2S/c1-26-18(10-11-25-26)16-27-13-6-5-7-17(27)15-20-19-8-3-4-9-21(19)30-22(20)23(28)24-12-14-29-2/h3-4,8-11,17H,5-7,12-16H2,1-2H3,(H,24,28)/t17-/m1/s1. The third-order valence-corrected chi connectivity index (χ3v) is 7.18. The second-order valence-electron chi connectivity index (χ2n) is 7.92. The van der Waals surface area contributed by atoms with Gasteiger partial charge in [0.05, 0.1) is 17.2 Å². The Morgan fingerprint density at radius 2 is 2.17 bits per heavy atom. The Hall–Kier alpha value is -2.22. The number of piperidine rings is 1. The first kappa shape index (κ1) is 21.0. The van der Waals surface area contributed by atoms with Gasteiger partial charge in [0.25, 0.3) is 5.91 Å². The first-order valence-corrected chi connectivity index (χ1v) is 11.5. The number of hydrogen-bond donors (Lipinski definition) is 1. The molecule has 0 aliphatic carbocycles. The second kappa shape index (κ2) is 9.73. The van der Waals surface area contributed by atoms with Crippen LogP contribution in [0, 0.1) is 0 Å². The molecule has 7 heteroatoms. The predicted molar refractivity (Wildman–Crippen MR) is 121 cm³/mol. The van der Waals surface area contributed by atoms with E-state index in [0.717, 1.165) is 30.8 Å². The van der Waals surface area contributed by atoms with Crippen molar-refractivity contribution in [3.63, 3.8) is 0 Å². The number of nitrogens with one attached hydrogen (secondary N) is 1. The number of fused-ring (bicyclic) bond motifs is 1. The van der Waals surface area contributed by atoms with E-state index in [1.807, 2.05) is 24.0 Å². The molecule has 0 unspecified atom stereocenters. The zero-order valence-electron chi connectivity index (χ0n) is 17.8. The second-order valence-corrected chi connectivity index (χ2v) is 8.98. The average Bonchev–Trinajstić information content (AvgIpc) is 3.33. The van der Waals surface area contributed by atoms with E-state index < -0.39 is 0 Å². The molecule has 1 fully saturated rings. The number of amides is 1. The van der Waals surface area contributed by atoms with Crippen molar-refractivity contribution in [3.05, 3.63) is 52.7 Å². The number of nitrogens with zero attached hydrogens (tertiary/aromatic N) is 3. The third kappa shape index (κ3) is 4.58. The van der Waals surface area contributed by atoms with Crippen LogP contribution in [0.4, 0.5) is 0 Å². The number of aromatic nitrogens is 2. The van der Waals surface area contributed by atoms with Gasteiger partial charge in [-0.15, -0.1) is 11.3 Å². The summed E-state index contributed by atoms with van der Waals surface area (Å²) in [7, 11) is 3.65. The summed E-state index contributed by atoms with van der Waals surface area (Å²) in [6.45, 7) is 3.04. The van der Waals surface area contributed by atoms with Crippen LogP contribution in [0.3, 0.4) is 0 Å². The molecule has 0 radical (unpaired) electrons. The number of aryl methyl sites for hydroxylation is 1. The van der Waals surface area contributed by atoms with Crippen LogP contribution in [0.15, 0.2) is 36.5 Å². The molecule has 1 aliphatic heterocycles. The van der Waals surface area contributed by atoms with Gasteiger partial charge in [0.2, 0.25) is 0 Å². The van der Waals surface area contributed by atoms with Crippen molar-refractivity contribution in [3.8, 4) is 0 Å². The van der Waals surface area contributed by atoms with Gasteiger partial charge >= 0.3 is 0 Å². The fourth-order valence-corrected chi connectivity index (χ4v) is 5.48. The summed E-state index contributed by atoms with van der Waals surface area (Å²) in [6.07, 6.45) is 6.39. The fourth-order valence-electron chi connectivity index (χ4n) is 4.33. The SMILES string of the molecule is COCCNC(=O)c1sc2ccccc2c1C[C@H]1CCCCN1Cc1ccnn1C. The predicted octanol–water partition coefficient (Wildman–Crippen LogP) is 3.61. The molecule has 1 atom stereocenters. The molecule has 2 aromatic heterocycles. The average molecular weight is 427 g/mol. The van der Waals surface area contributed by atoms with E-state index in [9.17, 15) is 4.79 Å². The molecule has 1 saturated heterocycles. The molecule has 0 saturated carbocycles. The zero-order valence-corrected chi connectivity index (χ0v) is 18.6. The maximum absolute atomic E-state index is 13.0. The summed E-state index contributed by atoms with van der Waals surface area (Å²) < 4.78 is 8.23. The lowest BCUT2D eigenvalue weighted by molar-refractivity contribution is 0.0938.